The summed E-state index contributed by atoms with van der Waals surface area (Å²) in [7, 11) is 0. The predicted molar refractivity (Wildman–Crippen MR) is 77.6 cm³/mol. The van der Waals surface area contributed by atoms with Gasteiger partial charge in [-0.25, -0.2) is 0 Å². The van der Waals surface area contributed by atoms with Gasteiger partial charge in [-0.15, -0.1) is 0 Å². The van der Waals surface area contributed by atoms with E-state index in [1.54, 1.807) is 0 Å². The van der Waals surface area contributed by atoms with Crippen molar-refractivity contribution >= 4 is 18.5 Å². The van der Waals surface area contributed by atoms with E-state index in [0.717, 1.165) is 5.56 Å². The first-order chi connectivity index (χ1) is 8.63. The Kier molecular flexibility index (Phi) is 6.78. The second-order valence-corrected chi connectivity index (χ2v) is 4.64. The third-order valence-electron chi connectivity index (χ3n) is 2.62. The largest absolute Gasteiger partial charge is 0.351 e. The van der Waals surface area contributed by atoms with Gasteiger partial charge in [0.25, 0.3) is 0 Å². The summed E-state index contributed by atoms with van der Waals surface area (Å²) in [6.07, 6.45) is 0. The fourth-order valence-electron chi connectivity index (χ4n) is 1.42. The van der Waals surface area contributed by atoms with Crippen molar-refractivity contribution in [2.45, 2.75) is 25.6 Å². The van der Waals surface area contributed by atoms with Crippen LogP contribution in [-0.4, -0.2) is 30.3 Å². The maximum Gasteiger partial charge on any atom is 0.237 e. The minimum Gasteiger partial charge on any atom is -0.351 e. The maximum atomic E-state index is 11.8. The second-order valence-electron chi connectivity index (χ2n) is 4.28. The van der Waals surface area contributed by atoms with Gasteiger partial charge in [-0.05, 0) is 12.5 Å². The van der Waals surface area contributed by atoms with Gasteiger partial charge in [0.1, 0.15) is 0 Å². The summed E-state index contributed by atoms with van der Waals surface area (Å²) in [5.74, 6) is 0.580. The Morgan fingerprint density at radius 3 is 2.67 bits per heavy atom. The number of amides is 1. The van der Waals surface area contributed by atoms with E-state index in [1.807, 2.05) is 37.3 Å². The molecule has 100 valence electrons. The standard InChI is InChI=1S/C13H21N3OS/c1-10(15-8-12(14)9-18)13(17)16-7-11-5-3-2-4-6-11/h2-6,10,12,15,18H,7-9,14H2,1H3,(H,16,17)/t10-,12?/m0/s1. The molecule has 0 aliphatic carbocycles. The predicted octanol–water partition coefficient (Wildman–Crippen LogP) is 0.538. The van der Waals surface area contributed by atoms with Crippen molar-refractivity contribution in [2.24, 2.45) is 5.73 Å². The van der Waals surface area contributed by atoms with Gasteiger partial charge in [-0.2, -0.15) is 12.6 Å². The van der Waals surface area contributed by atoms with E-state index in [4.69, 9.17) is 5.73 Å². The van der Waals surface area contributed by atoms with Crippen LogP contribution in [-0.2, 0) is 11.3 Å². The Labute approximate surface area is 114 Å². The van der Waals surface area contributed by atoms with Crippen LogP contribution >= 0.6 is 12.6 Å². The lowest BCUT2D eigenvalue weighted by Gasteiger charge is -2.16. The fourth-order valence-corrected chi connectivity index (χ4v) is 1.55. The molecule has 18 heavy (non-hydrogen) atoms. The summed E-state index contributed by atoms with van der Waals surface area (Å²) < 4.78 is 0. The lowest BCUT2D eigenvalue weighted by atomic mass is 10.2. The Balaban J connectivity index is 2.28. The number of nitrogens with two attached hydrogens (primary N) is 1. The number of hydrogen-bond acceptors (Lipinski definition) is 4. The number of thiol groups is 1. The third-order valence-corrected chi connectivity index (χ3v) is 3.09. The molecule has 0 aromatic heterocycles. The molecule has 0 bridgehead atoms. The van der Waals surface area contributed by atoms with Gasteiger partial charge in [-0.3, -0.25) is 4.79 Å². The van der Waals surface area contributed by atoms with E-state index >= 15 is 0 Å². The van der Waals surface area contributed by atoms with Crippen LogP contribution in [0.3, 0.4) is 0 Å². The molecule has 5 heteroatoms. The van der Waals surface area contributed by atoms with E-state index in [-0.39, 0.29) is 18.0 Å². The van der Waals surface area contributed by atoms with E-state index in [0.29, 0.717) is 18.8 Å². The van der Waals surface area contributed by atoms with E-state index in [1.165, 1.54) is 0 Å². The Bertz CT molecular complexity index is 359. The van der Waals surface area contributed by atoms with Crippen molar-refractivity contribution < 1.29 is 4.79 Å². The van der Waals surface area contributed by atoms with Gasteiger partial charge < -0.3 is 16.4 Å². The SMILES string of the molecule is C[C@H](NCC(N)CS)C(=O)NCc1ccccc1. The second kappa shape index (κ2) is 8.13. The van der Waals surface area contributed by atoms with Crippen LogP contribution in [0.15, 0.2) is 30.3 Å². The molecule has 1 aromatic rings. The molecule has 0 fully saturated rings. The number of carbonyl (C=O) groups is 1. The van der Waals surface area contributed by atoms with Crippen LogP contribution < -0.4 is 16.4 Å². The first-order valence-electron chi connectivity index (χ1n) is 6.05. The molecule has 1 aromatic carbocycles. The first kappa shape index (κ1) is 15.0. The van der Waals surface area contributed by atoms with Crippen LogP contribution in [0.5, 0.6) is 0 Å². The summed E-state index contributed by atoms with van der Waals surface area (Å²) in [5, 5.41) is 5.96. The average molecular weight is 267 g/mol. The highest BCUT2D eigenvalue weighted by Gasteiger charge is 2.12. The van der Waals surface area contributed by atoms with Gasteiger partial charge in [-0.1, -0.05) is 30.3 Å². The zero-order chi connectivity index (χ0) is 13.4. The Morgan fingerprint density at radius 1 is 1.39 bits per heavy atom. The maximum absolute atomic E-state index is 11.8. The molecule has 0 saturated carbocycles. The van der Waals surface area contributed by atoms with Crippen molar-refractivity contribution in [1.82, 2.24) is 10.6 Å². The highest BCUT2D eigenvalue weighted by atomic mass is 32.1. The monoisotopic (exact) mass is 267 g/mol. The number of benzene rings is 1. The summed E-state index contributed by atoms with van der Waals surface area (Å²) in [6.45, 7) is 2.96. The van der Waals surface area contributed by atoms with Crippen LogP contribution in [0, 0.1) is 0 Å². The normalized spacial score (nSPS) is 13.9. The highest BCUT2D eigenvalue weighted by Crippen LogP contribution is 1.97. The summed E-state index contributed by atoms with van der Waals surface area (Å²) in [4.78, 5) is 11.8. The molecule has 4 N–H and O–H groups in total. The van der Waals surface area contributed by atoms with Gasteiger partial charge in [0.2, 0.25) is 5.91 Å². The van der Waals surface area contributed by atoms with Crippen LogP contribution in [0.25, 0.3) is 0 Å². The van der Waals surface area contributed by atoms with Crippen molar-refractivity contribution in [2.75, 3.05) is 12.3 Å². The van der Waals surface area contributed by atoms with Crippen molar-refractivity contribution in [3.63, 3.8) is 0 Å². The molecule has 0 heterocycles. The molecule has 4 nitrogen and oxygen atoms in total. The zero-order valence-electron chi connectivity index (χ0n) is 10.6. The summed E-state index contributed by atoms with van der Waals surface area (Å²) in [6, 6.07) is 9.54. The number of nitrogens with one attached hydrogen (secondary N) is 2. The molecule has 0 spiro atoms. The Morgan fingerprint density at radius 2 is 2.06 bits per heavy atom. The molecule has 0 aliphatic heterocycles. The molecule has 1 amide bonds. The fraction of sp³-hybridized carbons (Fsp3) is 0.462. The minimum atomic E-state index is -0.250. The average Bonchev–Trinajstić information content (AvgIpc) is 2.42. The quantitative estimate of drug-likeness (QED) is 0.545. The summed E-state index contributed by atoms with van der Waals surface area (Å²) >= 11 is 4.09. The lowest BCUT2D eigenvalue weighted by molar-refractivity contribution is -0.122. The van der Waals surface area contributed by atoms with Crippen molar-refractivity contribution in [1.29, 1.82) is 0 Å². The molecule has 2 atom stereocenters. The molecular formula is C13H21N3OS. The molecule has 0 radical (unpaired) electrons. The molecule has 0 aliphatic rings. The zero-order valence-corrected chi connectivity index (χ0v) is 11.5. The smallest absolute Gasteiger partial charge is 0.237 e. The first-order valence-corrected chi connectivity index (χ1v) is 6.68. The lowest BCUT2D eigenvalue weighted by Crippen LogP contribution is -2.46. The molecular weight excluding hydrogens is 246 g/mol. The van der Waals surface area contributed by atoms with Gasteiger partial charge in [0.05, 0.1) is 6.04 Å². The van der Waals surface area contributed by atoms with E-state index in [2.05, 4.69) is 23.3 Å². The minimum absolute atomic E-state index is 0.0229. The van der Waals surface area contributed by atoms with Gasteiger partial charge >= 0.3 is 0 Å². The summed E-state index contributed by atoms with van der Waals surface area (Å²) in [5.41, 5.74) is 6.80. The molecule has 1 unspecified atom stereocenters. The van der Waals surface area contributed by atoms with Gasteiger partial charge in [0, 0.05) is 24.9 Å². The third kappa shape index (κ3) is 5.53. The highest BCUT2D eigenvalue weighted by molar-refractivity contribution is 7.80. The molecule has 1 rings (SSSR count). The topological polar surface area (TPSA) is 67.1 Å². The van der Waals surface area contributed by atoms with Crippen molar-refractivity contribution in [3.8, 4) is 0 Å². The van der Waals surface area contributed by atoms with Gasteiger partial charge in [0.15, 0.2) is 0 Å². The van der Waals surface area contributed by atoms with Crippen LogP contribution in [0.4, 0.5) is 0 Å². The molecule has 0 saturated heterocycles. The van der Waals surface area contributed by atoms with E-state index < -0.39 is 0 Å². The number of rotatable bonds is 7. The van der Waals surface area contributed by atoms with Crippen LogP contribution in [0.2, 0.25) is 0 Å². The van der Waals surface area contributed by atoms with Crippen LogP contribution in [0.1, 0.15) is 12.5 Å². The number of hydrogen-bond donors (Lipinski definition) is 4. The number of carbonyl (C=O) groups excluding carboxylic acids is 1. The van der Waals surface area contributed by atoms with E-state index in [9.17, 15) is 4.79 Å². The Hall–Kier alpha value is -1.04. The van der Waals surface area contributed by atoms with Crippen molar-refractivity contribution in [3.05, 3.63) is 35.9 Å².